The molecule has 0 radical (unpaired) electrons. The zero-order valence-electron chi connectivity index (χ0n) is 15.7. The summed E-state index contributed by atoms with van der Waals surface area (Å²) in [6.07, 6.45) is 12.0. The van der Waals surface area contributed by atoms with Crippen LogP contribution in [0.25, 0.3) is 0 Å². The number of carboxylic acids is 2. The Morgan fingerprint density at radius 1 is 0.885 bits per heavy atom. The molecule has 3 N–H and O–H groups in total. The van der Waals surface area contributed by atoms with Gasteiger partial charge in [0, 0.05) is 12.2 Å². The molecule has 0 heterocycles. The van der Waals surface area contributed by atoms with E-state index in [1.54, 1.807) is 6.07 Å². The highest BCUT2D eigenvalue weighted by molar-refractivity contribution is 5.79. The maximum atomic E-state index is 9.58. The predicted octanol–water partition coefficient (Wildman–Crippen LogP) is 5.20. The number of unbranched alkanes of at least 4 members (excludes halogenated alkanes) is 6. The van der Waals surface area contributed by atoms with Crippen LogP contribution in [0.2, 0.25) is 0 Å². The Balaban J connectivity index is 0. The normalized spacial score (nSPS) is 8.96. The van der Waals surface area contributed by atoms with Crippen molar-refractivity contribution in [2.24, 2.45) is 0 Å². The minimum Gasteiger partial charge on any atom is -0.508 e. The fraction of sp³-hybridized carbons (Fsp3) is 0.429. The molecule has 0 unspecified atom stereocenters. The highest BCUT2D eigenvalue weighted by atomic mass is 16.4. The Bertz CT molecular complexity index is 505. The van der Waals surface area contributed by atoms with E-state index in [1.807, 2.05) is 18.2 Å². The molecule has 0 atom stereocenters. The lowest BCUT2D eigenvalue weighted by Crippen LogP contribution is -1.87. The summed E-state index contributed by atoms with van der Waals surface area (Å²) in [7, 11) is 0. The molecule has 1 rings (SSSR count). The quantitative estimate of drug-likeness (QED) is 0.392. The Labute approximate surface area is 156 Å². The molecule has 1 aromatic rings. The number of carbonyl (C=O) groups is 2. The Morgan fingerprint density at radius 3 is 1.73 bits per heavy atom. The summed E-state index contributed by atoms with van der Waals surface area (Å²) in [5.41, 5.74) is 1.09. The van der Waals surface area contributed by atoms with Crippen molar-refractivity contribution in [1.29, 1.82) is 0 Å². The fourth-order valence-corrected chi connectivity index (χ4v) is 1.99. The van der Waals surface area contributed by atoms with E-state index in [4.69, 9.17) is 10.2 Å². The smallest absolute Gasteiger partial charge is 0.327 e. The van der Waals surface area contributed by atoms with Gasteiger partial charge in [-0.25, -0.2) is 9.59 Å². The number of phenols is 1. The molecule has 26 heavy (non-hydrogen) atoms. The second-order valence-corrected chi connectivity index (χ2v) is 5.58. The first-order valence-electron chi connectivity index (χ1n) is 8.86. The van der Waals surface area contributed by atoms with Crippen molar-refractivity contribution in [3.05, 3.63) is 55.1 Å². The molecule has 1 aromatic carbocycles. The number of phenolic OH excluding ortho intramolecular Hbond substituents is 1. The number of hydrogen-bond acceptors (Lipinski definition) is 3. The molecule has 0 aliphatic heterocycles. The minimum absolute atomic E-state index is 0.452. The summed E-state index contributed by atoms with van der Waals surface area (Å²) in [5, 5.41) is 24.8. The number of para-hydroxylation sites is 1. The van der Waals surface area contributed by atoms with E-state index in [0.29, 0.717) is 5.75 Å². The van der Waals surface area contributed by atoms with Gasteiger partial charge in [0.25, 0.3) is 0 Å². The van der Waals surface area contributed by atoms with E-state index < -0.39 is 11.9 Å². The summed E-state index contributed by atoms with van der Waals surface area (Å²) in [6, 6.07) is 7.67. The van der Waals surface area contributed by atoms with Gasteiger partial charge in [-0.05, 0) is 24.5 Å². The standard InChI is InChI=1S/C15H24O.2C3H4O2/c1-2-3-4-5-6-7-8-11-14-12-9-10-13-15(14)16;2*1-2-3(4)5/h9-10,12-13,16H,2-8,11H2,1H3;2*2H,1H2,(H,4,5). The SMILES string of the molecule is C=CC(=O)O.C=CC(=O)O.CCCCCCCCCc1ccccc1O. The number of benzene rings is 1. The molecule has 0 spiro atoms. The first kappa shape index (κ1) is 25.7. The maximum Gasteiger partial charge on any atom is 0.327 e. The van der Waals surface area contributed by atoms with Gasteiger partial charge in [0.2, 0.25) is 0 Å². The Hall–Kier alpha value is -2.56. The number of aliphatic carboxylic acids is 2. The van der Waals surface area contributed by atoms with Crippen LogP contribution in [0.1, 0.15) is 57.4 Å². The lowest BCUT2D eigenvalue weighted by Gasteiger charge is -2.04. The Morgan fingerprint density at radius 2 is 1.31 bits per heavy atom. The van der Waals surface area contributed by atoms with E-state index in [9.17, 15) is 14.7 Å². The Kier molecular flexibility index (Phi) is 18.5. The molecular formula is C21H32O5. The van der Waals surface area contributed by atoms with Crippen LogP contribution in [0.5, 0.6) is 5.75 Å². The van der Waals surface area contributed by atoms with Crippen LogP contribution in [-0.2, 0) is 16.0 Å². The molecule has 0 aromatic heterocycles. The van der Waals surface area contributed by atoms with Gasteiger partial charge in [-0.1, -0.05) is 76.8 Å². The molecule has 0 saturated heterocycles. The van der Waals surface area contributed by atoms with Crippen LogP contribution in [-0.4, -0.2) is 27.3 Å². The van der Waals surface area contributed by atoms with Crippen LogP contribution in [0.3, 0.4) is 0 Å². The van der Waals surface area contributed by atoms with Gasteiger partial charge in [-0.2, -0.15) is 0 Å². The first-order chi connectivity index (χ1) is 12.4. The number of hydrogen-bond donors (Lipinski definition) is 3. The van der Waals surface area contributed by atoms with Crippen LogP contribution >= 0.6 is 0 Å². The molecule has 0 aliphatic carbocycles. The fourth-order valence-electron chi connectivity index (χ4n) is 1.99. The number of carboxylic acid groups (broad SMARTS) is 2. The van der Waals surface area contributed by atoms with Crippen molar-refractivity contribution in [1.82, 2.24) is 0 Å². The topological polar surface area (TPSA) is 94.8 Å². The van der Waals surface area contributed by atoms with Crippen LogP contribution in [0.4, 0.5) is 0 Å². The van der Waals surface area contributed by atoms with Gasteiger partial charge in [-0.15, -0.1) is 0 Å². The molecule has 0 saturated carbocycles. The van der Waals surface area contributed by atoms with Gasteiger partial charge < -0.3 is 15.3 Å². The number of aryl methyl sites for hydroxylation is 1. The summed E-state index contributed by atoms with van der Waals surface area (Å²) in [4.78, 5) is 18.5. The second kappa shape index (κ2) is 18.8. The van der Waals surface area contributed by atoms with E-state index >= 15 is 0 Å². The van der Waals surface area contributed by atoms with Crippen molar-refractivity contribution >= 4 is 11.9 Å². The highest BCUT2D eigenvalue weighted by Gasteiger charge is 1.98. The third-order valence-electron chi connectivity index (χ3n) is 3.39. The molecule has 5 nitrogen and oxygen atoms in total. The van der Waals surface area contributed by atoms with E-state index in [-0.39, 0.29) is 0 Å². The van der Waals surface area contributed by atoms with Crippen LogP contribution < -0.4 is 0 Å². The van der Waals surface area contributed by atoms with Crippen molar-refractivity contribution in [3.63, 3.8) is 0 Å². The largest absolute Gasteiger partial charge is 0.508 e. The monoisotopic (exact) mass is 364 g/mol. The predicted molar refractivity (Wildman–Crippen MR) is 105 cm³/mol. The summed E-state index contributed by atoms with van der Waals surface area (Å²) >= 11 is 0. The number of aromatic hydroxyl groups is 1. The summed E-state index contributed by atoms with van der Waals surface area (Å²) in [5.74, 6) is -1.51. The van der Waals surface area contributed by atoms with Gasteiger partial charge in [0.15, 0.2) is 0 Å². The second-order valence-electron chi connectivity index (χ2n) is 5.58. The van der Waals surface area contributed by atoms with Crippen LogP contribution in [0.15, 0.2) is 49.6 Å². The van der Waals surface area contributed by atoms with E-state index in [0.717, 1.165) is 24.1 Å². The lowest BCUT2D eigenvalue weighted by atomic mass is 10.0. The molecule has 0 amide bonds. The molecule has 146 valence electrons. The van der Waals surface area contributed by atoms with Crippen molar-refractivity contribution in [3.8, 4) is 5.75 Å². The van der Waals surface area contributed by atoms with E-state index in [2.05, 4.69) is 20.1 Å². The van der Waals surface area contributed by atoms with Gasteiger partial charge in [-0.3, -0.25) is 0 Å². The van der Waals surface area contributed by atoms with E-state index in [1.165, 1.54) is 44.9 Å². The third kappa shape index (κ3) is 19.5. The average molecular weight is 364 g/mol. The zero-order chi connectivity index (χ0) is 20.2. The van der Waals surface area contributed by atoms with Gasteiger partial charge >= 0.3 is 11.9 Å². The summed E-state index contributed by atoms with van der Waals surface area (Å²) in [6.45, 7) is 8.17. The first-order valence-corrected chi connectivity index (χ1v) is 8.86. The average Bonchev–Trinajstić information content (AvgIpc) is 2.63. The molecule has 5 heteroatoms. The van der Waals surface area contributed by atoms with Crippen molar-refractivity contribution in [2.45, 2.75) is 58.3 Å². The maximum absolute atomic E-state index is 9.58. The molecule has 0 aliphatic rings. The minimum atomic E-state index is -0.981. The van der Waals surface area contributed by atoms with Gasteiger partial charge in [0.05, 0.1) is 0 Å². The molecule has 0 fully saturated rings. The highest BCUT2D eigenvalue weighted by Crippen LogP contribution is 2.18. The lowest BCUT2D eigenvalue weighted by molar-refractivity contribution is -0.132. The third-order valence-corrected chi connectivity index (χ3v) is 3.39. The van der Waals surface area contributed by atoms with Gasteiger partial charge in [0.1, 0.15) is 5.75 Å². The van der Waals surface area contributed by atoms with Crippen LogP contribution in [0, 0.1) is 0 Å². The molecular weight excluding hydrogens is 332 g/mol. The summed E-state index contributed by atoms with van der Waals surface area (Å²) < 4.78 is 0. The number of rotatable bonds is 10. The molecule has 0 bridgehead atoms. The van der Waals surface area contributed by atoms with Crippen molar-refractivity contribution < 1.29 is 24.9 Å². The van der Waals surface area contributed by atoms with Crippen molar-refractivity contribution in [2.75, 3.05) is 0 Å². The zero-order valence-corrected chi connectivity index (χ0v) is 15.7.